The molecule has 0 amide bonds. The minimum atomic E-state index is -0.703. The van der Waals surface area contributed by atoms with Gasteiger partial charge in [-0.05, 0) is 35.4 Å². The molecule has 0 unspecified atom stereocenters. The van der Waals surface area contributed by atoms with Gasteiger partial charge in [-0.1, -0.05) is 24.3 Å². The zero-order chi connectivity index (χ0) is 23.8. The van der Waals surface area contributed by atoms with Crippen LogP contribution in [0, 0.1) is 5.41 Å². The summed E-state index contributed by atoms with van der Waals surface area (Å²) in [6.07, 6.45) is 0. The maximum atomic E-state index is 13.3. The number of hydrazine groups is 1. The third-order valence-electron chi connectivity index (χ3n) is 4.78. The summed E-state index contributed by atoms with van der Waals surface area (Å²) < 4.78 is 7.58. The van der Waals surface area contributed by atoms with E-state index in [0.29, 0.717) is 17.9 Å². The number of anilines is 1. The molecule has 3 rings (SSSR count). The fourth-order valence-electron chi connectivity index (χ4n) is 3.05. The van der Waals surface area contributed by atoms with Crippen molar-refractivity contribution in [1.82, 2.24) is 24.9 Å². The van der Waals surface area contributed by atoms with E-state index in [0.717, 1.165) is 10.1 Å². The summed E-state index contributed by atoms with van der Waals surface area (Å²) in [5.41, 5.74) is 2.40. The molecule has 0 aliphatic carbocycles. The van der Waals surface area contributed by atoms with Gasteiger partial charge in [-0.2, -0.15) is 4.98 Å². The molecule has 3 aromatic rings. The van der Waals surface area contributed by atoms with Crippen molar-refractivity contribution in [2.24, 2.45) is 5.84 Å². The topological polar surface area (TPSA) is 172 Å². The molecule has 1 aromatic heterocycles. The largest absolute Gasteiger partial charge is 0.508 e. The lowest BCUT2D eigenvalue weighted by Gasteiger charge is -2.16. The van der Waals surface area contributed by atoms with E-state index in [2.05, 4.69) is 21.0 Å². The number of rotatable bonds is 9. The quantitative estimate of drug-likeness (QED) is 0.0828. The summed E-state index contributed by atoms with van der Waals surface area (Å²) in [5, 5.41) is 22.6. The van der Waals surface area contributed by atoms with E-state index in [4.69, 9.17) is 16.0 Å². The maximum Gasteiger partial charge on any atom is 0.355 e. The van der Waals surface area contributed by atoms with Gasteiger partial charge in [0, 0.05) is 13.1 Å². The highest BCUT2D eigenvalue weighted by molar-refractivity contribution is 5.75. The second-order valence-corrected chi connectivity index (χ2v) is 7.06. The molecule has 12 heteroatoms. The van der Waals surface area contributed by atoms with Gasteiger partial charge < -0.3 is 20.5 Å². The first-order chi connectivity index (χ1) is 15.9. The molecule has 0 atom stereocenters. The second kappa shape index (κ2) is 10.8. The molecule has 0 saturated carbocycles. The molecule has 0 saturated heterocycles. The summed E-state index contributed by atoms with van der Waals surface area (Å²) in [7, 11) is 1.57. The standard InChI is InChI=1S/C21H26N8O4/c1-33-17-8-4-15(5-9-17)12-28-19(25-11-10-24-18(22)27-23)26-20(31)29(21(28)32)13-14-2-6-16(30)7-3-14/h2-9,30H,10-13,23H2,1H3,(H3,22,24,27)(H,25,26,31). The highest BCUT2D eigenvalue weighted by atomic mass is 16.5. The molecule has 7 N–H and O–H groups in total. The molecule has 0 fully saturated rings. The number of benzene rings is 2. The zero-order valence-corrected chi connectivity index (χ0v) is 18.0. The smallest absolute Gasteiger partial charge is 0.355 e. The number of aromatic hydroxyl groups is 1. The van der Waals surface area contributed by atoms with Crippen LogP contribution < -0.4 is 38.0 Å². The van der Waals surface area contributed by atoms with Crippen LogP contribution >= 0.6 is 0 Å². The predicted molar refractivity (Wildman–Crippen MR) is 124 cm³/mol. The minimum absolute atomic E-state index is 0.00866. The molecule has 0 aliphatic rings. The van der Waals surface area contributed by atoms with Crippen molar-refractivity contribution in [2.75, 3.05) is 25.5 Å². The highest BCUT2D eigenvalue weighted by Gasteiger charge is 2.14. The van der Waals surface area contributed by atoms with E-state index in [1.165, 1.54) is 16.7 Å². The van der Waals surface area contributed by atoms with Crippen LogP contribution in [0.3, 0.4) is 0 Å². The van der Waals surface area contributed by atoms with Gasteiger partial charge in [0.1, 0.15) is 11.5 Å². The van der Waals surface area contributed by atoms with Crippen LogP contribution in [0.1, 0.15) is 11.1 Å². The number of methoxy groups -OCH3 is 1. The highest BCUT2D eigenvalue weighted by Crippen LogP contribution is 2.13. The van der Waals surface area contributed by atoms with Gasteiger partial charge in [-0.15, -0.1) is 0 Å². The third-order valence-corrected chi connectivity index (χ3v) is 4.78. The summed E-state index contributed by atoms with van der Waals surface area (Å²) >= 11 is 0. The lowest BCUT2D eigenvalue weighted by atomic mass is 10.2. The van der Waals surface area contributed by atoms with Crippen molar-refractivity contribution in [1.29, 1.82) is 5.41 Å². The van der Waals surface area contributed by atoms with E-state index in [1.807, 2.05) is 12.1 Å². The Morgan fingerprint density at radius 2 is 1.64 bits per heavy atom. The Labute approximate surface area is 189 Å². The summed E-state index contributed by atoms with van der Waals surface area (Å²) in [6.45, 7) is 0.759. The Morgan fingerprint density at radius 1 is 1.03 bits per heavy atom. The van der Waals surface area contributed by atoms with Crippen LogP contribution in [0.5, 0.6) is 11.5 Å². The average Bonchev–Trinajstić information content (AvgIpc) is 2.83. The van der Waals surface area contributed by atoms with Gasteiger partial charge in [0.15, 0.2) is 0 Å². The van der Waals surface area contributed by atoms with Gasteiger partial charge in [-0.3, -0.25) is 15.4 Å². The Morgan fingerprint density at radius 3 is 2.24 bits per heavy atom. The van der Waals surface area contributed by atoms with Gasteiger partial charge in [0.05, 0.1) is 20.2 Å². The van der Waals surface area contributed by atoms with E-state index in [-0.39, 0.29) is 37.3 Å². The molecule has 12 nitrogen and oxygen atoms in total. The van der Waals surface area contributed by atoms with Crippen LogP contribution in [0.2, 0.25) is 0 Å². The average molecular weight is 454 g/mol. The van der Waals surface area contributed by atoms with Crippen molar-refractivity contribution in [3.05, 3.63) is 80.6 Å². The number of ether oxygens (including phenoxy) is 1. The second-order valence-electron chi connectivity index (χ2n) is 7.06. The molecular weight excluding hydrogens is 428 g/mol. The first-order valence-electron chi connectivity index (χ1n) is 10.1. The molecule has 33 heavy (non-hydrogen) atoms. The summed E-state index contributed by atoms with van der Waals surface area (Å²) in [5.74, 6) is 5.96. The fraction of sp³-hybridized carbons (Fsp3) is 0.238. The van der Waals surface area contributed by atoms with Crippen molar-refractivity contribution in [2.45, 2.75) is 13.1 Å². The van der Waals surface area contributed by atoms with E-state index < -0.39 is 11.4 Å². The van der Waals surface area contributed by atoms with Crippen LogP contribution in [0.4, 0.5) is 5.95 Å². The Bertz CT molecular complexity index is 1200. The van der Waals surface area contributed by atoms with E-state index in [9.17, 15) is 14.7 Å². The third kappa shape index (κ3) is 6.11. The monoisotopic (exact) mass is 454 g/mol. The molecule has 0 radical (unpaired) electrons. The number of nitrogens with two attached hydrogens (primary N) is 1. The number of hydrogen-bond acceptors (Lipinski definition) is 8. The maximum absolute atomic E-state index is 13.3. The predicted octanol–water partition coefficient (Wildman–Crippen LogP) is -0.385. The summed E-state index contributed by atoms with van der Waals surface area (Å²) in [6, 6.07) is 13.4. The van der Waals surface area contributed by atoms with Gasteiger partial charge in [-0.25, -0.2) is 20.0 Å². The van der Waals surface area contributed by atoms with Crippen molar-refractivity contribution in [3.63, 3.8) is 0 Å². The van der Waals surface area contributed by atoms with Crippen LogP contribution in [0.15, 0.2) is 58.1 Å². The number of aromatic nitrogens is 3. The molecule has 0 bridgehead atoms. The first kappa shape index (κ1) is 23.3. The SMILES string of the molecule is COc1ccc(Cn2c(NCCNC(=N)NN)nc(=O)n(Cc3ccc(O)cc3)c2=O)cc1. The Balaban J connectivity index is 1.92. The summed E-state index contributed by atoms with van der Waals surface area (Å²) in [4.78, 5) is 30.0. The minimum Gasteiger partial charge on any atom is -0.508 e. The number of phenols is 1. The van der Waals surface area contributed by atoms with Crippen LogP contribution in [-0.2, 0) is 13.1 Å². The van der Waals surface area contributed by atoms with Crippen molar-refractivity contribution < 1.29 is 9.84 Å². The molecule has 174 valence electrons. The van der Waals surface area contributed by atoms with Crippen LogP contribution in [0.25, 0.3) is 0 Å². The van der Waals surface area contributed by atoms with Gasteiger partial charge in [0.25, 0.3) is 0 Å². The number of nitrogens with one attached hydrogen (secondary N) is 4. The molecule has 0 aliphatic heterocycles. The normalized spacial score (nSPS) is 10.5. The van der Waals surface area contributed by atoms with E-state index >= 15 is 0 Å². The number of guanidine groups is 1. The molecule has 1 heterocycles. The van der Waals surface area contributed by atoms with Gasteiger partial charge in [0.2, 0.25) is 11.9 Å². The van der Waals surface area contributed by atoms with Crippen molar-refractivity contribution in [3.8, 4) is 11.5 Å². The molecular formula is C21H26N8O4. The number of hydrogen-bond donors (Lipinski definition) is 6. The lowest BCUT2D eigenvalue weighted by Crippen LogP contribution is -2.44. The molecule has 0 spiro atoms. The Hall–Kier alpha value is -4.32. The van der Waals surface area contributed by atoms with E-state index in [1.54, 1.807) is 31.4 Å². The van der Waals surface area contributed by atoms with Crippen LogP contribution in [-0.4, -0.2) is 45.4 Å². The number of phenolic OH excluding ortho intramolecular Hbond substituents is 1. The first-order valence-corrected chi connectivity index (χ1v) is 10.1. The number of nitrogens with zero attached hydrogens (tertiary/aromatic N) is 3. The zero-order valence-electron chi connectivity index (χ0n) is 18.0. The van der Waals surface area contributed by atoms with Crippen molar-refractivity contribution >= 4 is 11.9 Å². The molecule has 2 aromatic carbocycles. The van der Waals surface area contributed by atoms with Gasteiger partial charge >= 0.3 is 11.4 Å². The Kier molecular flexibility index (Phi) is 7.65. The lowest BCUT2D eigenvalue weighted by molar-refractivity contribution is 0.414. The fourth-order valence-corrected chi connectivity index (χ4v) is 3.05.